The number of benzene rings is 1. The molecule has 1 heterocycles. The third kappa shape index (κ3) is 2.68. The van der Waals surface area contributed by atoms with Crippen LogP contribution in [0.5, 0.6) is 11.5 Å². The first kappa shape index (κ1) is 13.4. The van der Waals surface area contributed by atoms with Crippen molar-refractivity contribution in [3.05, 3.63) is 41.1 Å². The average Bonchev–Trinajstić information content (AvgIpc) is 2.38. The molecule has 0 aliphatic rings. The van der Waals surface area contributed by atoms with E-state index in [1.54, 1.807) is 0 Å². The minimum Gasteiger partial charge on any atom is -0.452 e. The van der Waals surface area contributed by atoms with Crippen molar-refractivity contribution in [3.63, 3.8) is 0 Å². The molecule has 4 nitrogen and oxygen atoms in total. The van der Waals surface area contributed by atoms with E-state index in [0.29, 0.717) is 0 Å². The Morgan fingerprint density at radius 2 is 2.00 bits per heavy atom. The van der Waals surface area contributed by atoms with E-state index in [9.17, 15) is 8.78 Å². The lowest BCUT2D eigenvalue weighted by Gasteiger charge is -2.11. The van der Waals surface area contributed by atoms with Crippen molar-refractivity contribution in [1.82, 2.24) is 4.98 Å². The summed E-state index contributed by atoms with van der Waals surface area (Å²) in [6.45, 7) is 0. The Bertz CT molecular complexity index is 622. The highest BCUT2D eigenvalue weighted by atomic mass is 35.5. The van der Waals surface area contributed by atoms with E-state index in [-0.39, 0.29) is 28.0 Å². The zero-order valence-corrected chi connectivity index (χ0v) is 10.6. The van der Waals surface area contributed by atoms with Gasteiger partial charge < -0.3 is 15.8 Å². The second-order valence-electron chi connectivity index (χ2n) is 3.62. The van der Waals surface area contributed by atoms with Gasteiger partial charge in [-0.25, -0.2) is 13.8 Å². The van der Waals surface area contributed by atoms with Gasteiger partial charge in [-0.15, -0.1) is 0 Å². The third-order valence-electron chi connectivity index (χ3n) is 2.39. The number of hydrogen-bond donors (Lipinski definition) is 2. The van der Waals surface area contributed by atoms with Gasteiger partial charge in [0, 0.05) is 31.4 Å². The summed E-state index contributed by atoms with van der Waals surface area (Å²) in [6.07, 6.45) is 1.35. The molecular formula is C12H10ClF2N3O. The van der Waals surface area contributed by atoms with E-state index in [2.05, 4.69) is 10.3 Å². The maximum atomic E-state index is 13.7. The summed E-state index contributed by atoms with van der Waals surface area (Å²) in [6, 6.07) is 3.32. The van der Waals surface area contributed by atoms with E-state index < -0.39 is 11.6 Å². The lowest BCUT2D eigenvalue weighted by Crippen LogP contribution is -1.98. The smallest absolute Gasteiger partial charge is 0.167 e. The van der Waals surface area contributed by atoms with Crippen LogP contribution in [0.2, 0.25) is 5.02 Å². The third-order valence-corrected chi connectivity index (χ3v) is 2.77. The van der Waals surface area contributed by atoms with Gasteiger partial charge in [-0.3, -0.25) is 0 Å². The lowest BCUT2D eigenvalue weighted by atomic mass is 10.2. The molecule has 19 heavy (non-hydrogen) atoms. The van der Waals surface area contributed by atoms with Gasteiger partial charge in [0.15, 0.2) is 17.3 Å². The van der Waals surface area contributed by atoms with Gasteiger partial charge in [-0.1, -0.05) is 11.6 Å². The van der Waals surface area contributed by atoms with Gasteiger partial charge >= 0.3 is 0 Å². The highest BCUT2D eigenvalue weighted by Crippen LogP contribution is 2.34. The summed E-state index contributed by atoms with van der Waals surface area (Å²) < 4.78 is 32.5. The molecule has 1 aromatic carbocycles. The second kappa shape index (κ2) is 5.27. The number of nitrogens with zero attached hydrogens (tertiary/aromatic N) is 1. The van der Waals surface area contributed by atoms with Crippen molar-refractivity contribution >= 4 is 23.1 Å². The molecule has 0 aliphatic carbocycles. The van der Waals surface area contributed by atoms with Crippen LogP contribution in [0.15, 0.2) is 24.4 Å². The Labute approximate surface area is 113 Å². The fraction of sp³-hybridized carbons (Fsp3) is 0.0833. The highest BCUT2D eigenvalue weighted by Gasteiger charge is 2.13. The zero-order valence-electron chi connectivity index (χ0n) is 9.88. The number of halogens is 3. The van der Waals surface area contributed by atoms with Crippen LogP contribution in [-0.2, 0) is 0 Å². The molecule has 0 radical (unpaired) electrons. The molecule has 0 amide bonds. The SMILES string of the molecule is CNc1cc(F)c(Oc2ccnc(N)c2Cl)cc1F. The molecule has 0 spiro atoms. The average molecular weight is 286 g/mol. The molecule has 100 valence electrons. The topological polar surface area (TPSA) is 60.2 Å². The molecule has 0 saturated heterocycles. The predicted octanol–water partition coefficient (Wildman–Crippen LogP) is 3.43. The molecular weight excluding hydrogens is 276 g/mol. The van der Waals surface area contributed by atoms with Crippen LogP contribution in [0.1, 0.15) is 0 Å². The Kier molecular flexibility index (Phi) is 3.71. The van der Waals surface area contributed by atoms with Crippen LogP contribution >= 0.6 is 11.6 Å². The van der Waals surface area contributed by atoms with Crippen LogP contribution in [-0.4, -0.2) is 12.0 Å². The molecule has 0 bridgehead atoms. The number of rotatable bonds is 3. The number of hydrogen-bond acceptors (Lipinski definition) is 4. The number of nitrogen functional groups attached to an aromatic ring is 1. The Morgan fingerprint density at radius 3 is 2.68 bits per heavy atom. The number of nitrogens with two attached hydrogens (primary N) is 1. The highest BCUT2D eigenvalue weighted by molar-refractivity contribution is 6.34. The molecule has 2 aromatic rings. The Balaban J connectivity index is 2.38. The summed E-state index contributed by atoms with van der Waals surface area (Å²) in [5, 5.41) is 2.56. The number of nitrogens with one attached hydrogen (secondary N) is 1. The summed E-state index contributed by atoms with van der Waals surface area (Å²) in [5.74, 6) is -1.50. The standard InChI is InChI=1S/C12H10ClF2N3O/c1-17-8-4-7(15)10(5-6(8)14)19-9-2-3-18-12(16)11(9)13/h2-5,17H,1H3,(H2,16,18). The van der Waals surface area contributed by atoms with E-state index in [1.165, 1.54) is 19.3 Å². The molecule has 0 saturated carbocycles. The summed E-state index contributed by atoms with van der Waals surface area (Å²) in [7, 11) is 1.48. The van der Waals surface area contributed by atoms with E-state index in [1.807, 2.05) is 0 Å². The summed E-state index contributed by atoms with van der Waals surface area (Å²) >= 11 is 5.85. The lowest BCUT2D eigenvalue weighted by molar-refractivity contribution is 0.437. The number of aromatic nitrogens is 1. The summed E-state index contributed by atoms with van der Waals surface area (Å²) in [5.41, 5.74) is 5.52. The quantitative estimate of drug-likeness (QED) is 0.907. The van der Waals surface area contributed by atoms with Crippen molar-refractivity contribution in [2.45, 2.75) is 0 Å². The van der Waals surface area contributed by atoms with Gasteiger partial charge in [-0.2, -0.15) is 0 Å². The normalized spacial score (nSPS) is 10.3. The first-order valence-electron chi connectivity index (χ1n) is 5.27. The Hall–Kier alpha value is -2.08. The predicted molar refractivity (Wildman–Crippen MR) is 69.6 cm³/mol. The minimum atomic E-state index is -0.725. The molecule has 0 aliphatic heterocycles. The first-order chi connectivity index (χ1) is 9.02. The molecule has 7 heteroatoms. The molecule has 0 fully saturated rings. The number of anilines is 2. The fourth-order valence-corrected chi connectivity index (χ4v) is 1.59. The minimum absolute atomic E-state index is 0.0326. The van der Waals surface area contributed by atoms with Crippen LogP contribution in [0.25, 0.3) is 0 Å². The van der Waals surface area contributed by atoms with Crippen LogP contribution < -0.4 is 15.8 Å². The van der Waals surface area contributed by atoms with Crippen molar-refractivity contribution in [3.8, 4) is 11.5 Å². The largest absolute Gasteiger partial charge is 0.452 e. The number of pyridine rings is 1. The van der Waals surface area contributed by atoms with Crippen molar-refractivity contribution in [1.29, 1.82) is 0 Å². The maximum absolute atomic E-state index is 13.7. The Morgan fingerprint density at radius 1 is 1.26 bits per heavy atom. The van der Waals surface area contributed by atoms with Gasteiger partial charge in [0.2, 0.25) is 0 Å². The second-order valence-corrected chi connectivity index (χ2v) is 4.00. The van der Waals surface area contributed by atoms with Gasteiger partial charge in [0.05, 0.1) is 5.69 Å². The first-order valence-corrected chi connectivity index (χ1v) is 5.65. The van der Waals surface area contributed by atoms with Crippen LogP contribution in [0.4, 0.5) is 20.3 Å². The fourth-order valence-electron chi connectivity index (χ4n) is 1.44. The number of ether oxygens (including phenoxy) is 1. The monoisotopic (exact) mass is 285 g/mol. The molecule has 2 rings (SSSR count). The summed E-state index contributed by atoms with van der Waals surface area (Å²) in [4.78, 5) is 3.74. The van der Waals surface area contributed by atoms with E-state index in [4.69, 9.17) is 22.1 Å². The van der Waals surface area contributed by atoms with Crippen molar-refractivity contribution in [2.75, 3.05) is 18.1 Å². The van der Waals surface area contributed by atoms with Crippen LogP contribution in [0.3, 0.4) is 0 Å². The van der Waals surface area contributed by atoms with Gasteiger partial charge in [0.1, 0.15) is 16.7 Å². The van der Waals surface area contributed by atoms with Gasteiger partial charge in [-0.05, 0) is 0 Å². The van der Waals surface area contributed by atoms with Crippen molar-refractivity contribution < 1.29 is 13.5 Å². The molecule has 0 unspecified atom stereocenters. The molecule has 3 N–H and O–H groups in total. The zero-order chi connectivity index (χ0) is 14.0. The van der Waals surface area contributed by atoms with Crippen LogP contribution in [0, 0.1) is 11.6 Å². The molecule has 1 aromatic heterocycles. The van der Waals surface area contributed by atoms with Crippen molar-refractivity contribution in [2.24, 2.45) is 0 Å². The van der Waals surface area contributed by atoms with E-state index >= 15 is 0 Å². The maximum Gasteiger partial charge on any atom is 0.167 e. The van der Waals surface area contributed by atoms with Gasteiger partial charge in [0.25, 0.3) is 0 Å². The molecule has 0 atom stereocenters. The van der Waals surface area contributed by atoms with E-state index in [0.717, 1.165) is 12.1 Å².